The van der Waals surface area contributed by atoms with Crippen molar-refractivity contribution in [2.75, 3.05) is 11.9 Å². The van der Waals surface area contributed by atoms with Crippen molar-refractivity contribution in [1.82, 2.24) is 20.3 Å². The molecule has 1 aliphatic rings. The van der Waals surface area contributed by atoms with Crippen LogP contribution in [0.4, 0.5) is 10.5 Å². The number of aryl methyl sites for hydroxylation is 1. The van der Waals surface area contributed by atoms with Gasteiger partial charge in [0, 0.05) is 29.9 Å². The van der Waals surface area contributed by atoms with E-state index in [-0.39, 0.29) is 24.8 Å². The molecular formula is C24H28ClN5O3. The first-order valence-electron chi connectivity index (χ1n) is 11.1. The maximum absolute atomic E-state index is 12.3. The van der Waals surface area contributed by atoms with Gasteiger partial charge in [-0.15, -0.1) is 5.10 Å². The van der Waals surface area contributed by atoms with Gasteiger partial charge < -0.3 is 20.5 Å². The molecule has 2 heterocycles. The Labute approximate surface area is 197 Å². The van der Waals surface area contributed by atoms with E-state index in [1.165, 1.54) is 5.56 Å². The highest BCUT2D eigenvalue weighted by molar-refractivity contribution is 6.30. The molecule has 1 aromatic heterocycles. The molecule has 4 rings (SSSR count). The Kier molecular flexibility index (Phi) is 7.93. The summed E-state index contributed by atoms with van der Waals surface area (Å²) in [5.74, 6) is 0. The largest absolute Gasteiger partial charge is 0.394 e. The second kappa shape index (κ2) is 11.3. The van der Waals surface area contributed by atoms with Gasteiger partial charge >= 0.3 is 6.03 Å². The third-order valence-corrected chi connectivity index (χ3v) is 5.96. The van der Waals surface area contributed by atoms with Crippen LogP contribution in [0.15, 0.2) is 60.8 Å². The summed E-state index contributed by atoms with van der Waals surface area (Å²) in [5.41, 5.74) is 2.77. The Morgan fingerprint density at radius 3 is 2.70 bits per heavy atom. The lowest BCUT2D eigenvalue weighted by molar-refractivity contribution is -0.0905. The lowest BCUT2D eigenvalue weighted by atomic mass is 9.97. The fraction of sp³-hybridized carbons (Fsp3) is 0.375. The molecule has 0 saturated carbocycles. The molecule has 9 heteroatoms. The Morgan fingerprint density at radius 1 is 1.15 bits per heavy atom. The molecular weight excluding hydrogens is 442 g/mol. The van der Waals surface area contributed by atoms with Crippen molar-refractivity contribution >= 4 is 23.3 Å². The minimum atomic E-state index is -0.455. The number of aromatic nitrogens is 3. The molecule has 0 unspecified atom stereocenters. The van der Waals surface area contributed by atoms with E-state index < -0.39 is 6.10 Å². The number of halogens is 1. The topological polar surface area (TPSA) is 101 Å². The number of hydrogen-bond donors (Lipinski definition) is 3. The molecule has 0 radical (unpaired) electrons. The fourth-order valence-electron chi connectivity index (χ4n) is 3.99. The Morgan fingerprint density at radius 2 is 1.94 bits per heavy atom. The third kappa shape index (κ3) is 6.77. The van der Waals surface area contributed by atoms with Crippen LogP contribution in [0.3, 0.4) is 0 Å². The van der Waals surface area contributed by atoms with E-state index in [2.05, 4.69) is 33.1 Å². The molecule has 174 valence electrons. The van der Waals surface area contributed by atoms with E-state index in [0.717, 1.165) is 31.4 Å². The van der Waals surface area contributed by atoms with Crippen molar-refractivity contribution in [1.29, 1.82) is 0 Å². The molecule has 3 aromatic rings. The summed E-state index contributed by atoms with van der Waals surface area (Å²) in [4.78, 5) is 12.3. The lowest BCUT2D eigenvalue weighted by Gasteiger charge is -2.36. The zero-order chi connectivity index (χ0) is 23.0. The van der Waals surface area contributed by atoms with Crippen molar-refractivity contribution in [2.24, 2.45) is 0 Å². The predicted octanol–water partition coefficient (Wildman–Crippen LogP) is 3.64. The number of amides is 2. The van der Waals surface area contributed by atoms with Gasteiger partial charge in [0.25, 0.3) is 0 Å². The Hall–Kier alpha value is -2.94. The molecule has 0 bridgehead atoms. The number of anilines is 1. The number of rotatable bonds is 8. The third-order valence-electron chi connectivity index (χ3n) is 5.71. The molecule has 3 atom stereocenters. The van der Waals surface area contributed by atoms with Crippen LogP contribution in [0.25, 0.3) is 0 Å². The zero-order valence-electron chi connectivity index (χ0n) is 18.2. The summed E-state index contributed by atoms with van der Waals surface area (Å²) in [7, 11) is 0. The van der Waals surface area contributed by atoms with Crippen LogP contribution < -0.4 is 10.6 Å². The standard InChI is InChI=1S/C24H28ClN5O3/c25-18-6-8-19(9-7-18)26-24(32)27-22-11-10-21(33-23(22)16-31)12-13-30-15-20(28-29-30)14-17-4-2-1-3-5-17/h1-9,15,21-23,31H,10-14,16H2,(H2,26,27,32)/t21-,22+,23-/m1/s1. The molecule has 2 aromatic carbocycles. The van der Waals surface area contributed by atoms with Gasteiger partial charge in [0.1, 0.15) is 6.10 Å². The number of benzene rings is 2. The molecule has 1 aliphatic heterocycles. The second-order valence-electron chi connectivity index (χ2n) is 8.19. The van der Waals surface area contributed by atoms with E-state index in [1.807, 2.05) is 29.1 Å². The van der Waals surface area contributed by atoms with Crippen molar-refractivity contribution in [3.63, 3.8) is 0 Å². The van der Waals surface area contributed by atoms with Gasteiger partial charge in [-0.05, 0) is 49.1 Å². The molecule has 33 heavy (non-hydrogen) atoms. The van der Waals surface area contributed by atoms with Crippen LogP contribution >= 0.6 is 11.6 Å². The highest BCUT2D eigenvalue weighted by atomic mass is 35.5. The first-order valence-corrected chi connectivity index (χ1v) is 11.5. The van der Waals surface area contributed by atoms with Gasteiger partial charge in [-0.3, -0.25) is 4.68 Å². The summed E-state index contributed by atoms with van der Waals surface area (Å²) in [6, 6.07) is 16.5. The molecule has 1 saturated heterocycles. The Balaban J connectivity index is 1.23. The smallest absolute Gasteiger partial charge is 0.319 e. The van der Waals surface area contributed by atoms with Gasteiger partial charge in [-0.25, -0.2) is 4.79 Å². The average Bonchev–Trinajstić information content (AvgIpc) is 3.27. The summed E-state index contributed by atoms with van der Waals surface area (Å²) in [5, 5.41) is 24.6. The quantitative estimate of drug-likeness (QED) is 0.467. The fourth-order valence-corrected chi connectivity index (χ4v) is 4.11. The normalized spacial score (nSPS) is 20.4. The minimum Gasteiger partial charge on any atom is -0.394 e. The van der Waals surface area contributed by atoms with Crippen molar-refractivity contribution in [2.45, 2.75) is 50.5 Å². The van der Waals surface area contributed by atoms with Gasteiger partial charge in [-0.1, -0.05) is 47.1 Å². The molecule has 0 spiro atoms. The Bertz CT molecular complexity index is 1030. The van der Waals surface area contributed by atoms with Gasteiger partial charge in [0.05, 0.1) is 24.4 Å². The summed E-state index contributed by atoms with van der Waals surface area (Å²) in [6.45, 7) is 0.521. The van der Waals surface area contributed by atoms with Crippen LogP contribution in [0.1, 0.15) is 30.5 Å². The summed E-state index contributed by atoms with van der Waals surface area (Å²) in [6.07, 6.45) is 4.51. The number of ether oxygens (including phenoxy) is 1. The van der Waals surface area contributed by atoms with Crippen LogP contribution in [0.2, 0.25) is 5.02 Å². The maximum atomic E-state index is 12.3. The molecule has 0 aliphatic carbocycles. The van der Waals surface area contributed by atoms with Crippen LogP contribution in [0, 0.1) is 0 Å². The van der Waals surface area contributed by atoms with Crippen LogP contribution in [-0.4, -0.2) is 51.0 Å². The van der Waals surface area contributed by atoms with Gasteiger partial charge in [0.15, 0.2) is 0 Å². The number of hydrogen-bond acceptors (Lipinski definition) is 5. The van der Waals surface area contributed by atoms with E-state index in [0.29, 0.717) is 17.3 Å². The SMILES string of the molecule is O=C(Nc1ccc(Cl)cc1)N[C@H]1CC[C@H](CCn2cc(Cc3ccccc3)nn2)O[C@@H]1CO. The number of nitrogens with one attached hydrogen (secondary N) is 2. The molecule has 2 amide bonds. The summed E-state index contributed by atoms with van der Waals surface area (Å²) < 4.78 is 7.90. The first kappa shape index (κ1) is 23.2. The highest BCUT2D eigenvalue weighted by Crippen LogP contribution is 2.23. The molecule has 8 nitrogen and oxygen atoms in total. The van der Waals surface area contributed by atoms with Crippen LogP contribution in [0.5, 0.6) is 0 Å². The predicted molar refractivity (Wildman–Crippen MR) is 126 cm³/mol. The lowest BCUT2D eigenvalue weighted by Crippen LogP contribution is -2.52. The highest BCUT2D eigenvalue weighted by Gasteiger charge is 2.31. The first-order chi connectivity index (χ1) is 16.1. The minimum absolute atomic E-state index is 0.0127. The second-order valence-corrected chi connectivity index (χ2v) is 8.63. The average molecular weight is 470 g/mol. The van der Waals surface area contributed by atoms with E-state index >= 15 is 0 Å². The number of carbonyl (C=O) groups is 1. The van der Waals surface area contributed by atoms with Crippen molar-refractivity contribution < 1.29 is 14.6 Å². The number of aliphatic hydroxyl groups excluding tert-OH is 1. The van der Waals surface area contributed by atoms with E-state index in [1.54, 1.807) is 24.3 Å². The molecule has 3 N–H and O–H groups in total. The van der Waals surface area contributed by atoms with E-state index in [9.17, 15) is 9.90 Å². The number of aliphatic hydroxyl groups is 1. The number of nitrogens with zero attached hydrogens (tertiary/aromatic N) is 3. The van der Waals surface area contributed by atoms with E-state index in [4.69, 9.17) is 16.3 Å². The zero-order valence-corrected chi connectivity index (χ0v) is 19.0. The summed E-state index contributed by atoms with van der Waals surface area (Å²) >= 11 is 5.87. The van der Waals surface area contributed by atoms with Crippen molar-refractivity contribution in [3.8, 4) is 0 Å². The number of urea groups is 1. The van der Waals surface area contributed by atoms with Gasteiger partial charge in [-0.2, -0.15) is 0 Å². The molecule has 1 fully saturated rings. The van der Waals surface area contributed by atoms with Crippen LogP contribution in [-0.2, 0) is 17.7 Å². The monoisotopic (exact) mass is 469 g/mol. The van der Waals surface area contributed by atoms with Gasteiger partial charge in [0.2, 0.25) is 0 Å². The maximum Gasteiger partial charge on any atom is 0.319 e. The van der Waals surface area contributed by atoms with Crippen molar-refractivity contribution in [3.05, 3.63) is 77.1 Å². The number of carbonyl (C=O) groups excluding carboxylic acids is 1.